The lowest BCUT2D eigenvalue weighted by molar-refractivity contribution is -0.140. The molecule has 2 aromatic carbocycles. The number of benzene rings is 2. The van der Waals surface area contributed by atoms with E-state index in [0.717, 1.165) is 18.9 Å². The summed E-state index contributed by atoms with van der Waals surface area (Å²) in [7, 11) is 1.50. The minimum Gasteiger partial charge on any atom is -0.507 e. The number of rotatable bonds is 9. The van der Waals surface area contributed by atoms with Gasteiger partial charge in [0.2, 0.25) is 0 Å². The largest absolute Gasteiger partial charge is 0.507 e. The molecule has 188 valence electrons. The predicted molar refractivity (Wildman–Crippen MR) is 131 cm³/mol. The van der Waals surface area contributed by atoms with Crippen LogP contribution in [0.25, 0.3) is 5.76 Å². The van der Waals surface area contributed by atoms with Gasteiger partial charge in [0.15, 0.2) is 11.5 Å². The SMILES string of the molecule is CCCCOc1ccc(C2C(=C(O)c3ccc(C)c(F)c3)C(=O)C(=O)N2Cc2ccco2)cc1OC. The summed E-state index contributed by atoms with van der Waals surface area (Å²) in [5, 5.41) is 11.2. The number of ether oxygens (including phenoxy) is 2. The van der Waals surface area contributed by atoms with Crippen LogP contribution in [0.1, 0.15) is 48.3 Å². The molecule has 2 heterocycles. The molecule has 0 radical (unpaired) electrons. The van der Waals surface area contributed by atoms with Gasteiger partial charge in [0.25, 0.3) is 11.7 Å². The van der Waals surface area contributed by atoms with Crippen molar-refractivity contribution in [3.63, 3.8) is 0 Å². The summed E-state index contributed by atoms with van der Waals surface area (Å²) in [5.41, 5.74) is 0.876. The lowest BCUT2D eigenvalue weighted by Crippen LogP contribution is -2.29. The number of likely N-dealkylation sites (tertiary alicyclic amines) is 1. The summed E-state index contributed by atoms with van der Waals surface area (Å²) in [6.45, 7) is 4.17. The Labute approximate surface area is 208 Å². The number of halogens is 1. The molecule has 36 heavy (non-hydrogen) atoms. The number of hydrogen-bond acceptors (Lipinski definition) is 6. The molecule has 0 saturated carbocycles. The van der Waals surface area contributed by atoms with Crippen LogP contribution in [0, 0.1) is 12.7 Å². The first-order chi connectivity index (χ1) is 17.3. The number of amides is 1. The second-order valence-corrected chi connectivity index (χ2v) is 8.58. The van der Waals surface area contributed by atoms with Gasteiger partial charge in [-0.05, 0) is 54.8 Å². The van der Waals surface area contributed by atoms with Crippen LogP contribution in [0.3, 0.4) is 0 Å². The number of methoxy groups -OCH3 is 1. The Hall–Kier alpha value is -4.07. The molecule has 8 heteroatoms. The molecule has 0 spiro atoms. The molecule has 1 fully saturated rings. The van der Waals surface area contributed by atoms with Crippen LogP contribution in [-0.2, 0) is 16.1 Å². The van der Waals surface area contributed by atoms with Gasteiger partial charge < -0.3 is 23.9 Å². The zero-order chi connectivity index (χ0) is 25.8. The standard InChI is InChI=1S/C28H28FNO6/c1-4-5-12-36-22-11-10-18(15-23(22)34-3)25-24(26(31)19-9-8-17(2)21(29)14-19)27(32)28(33)30(25)16-20-7-6-13-35-20/h6-11,13-15,25,31H,4-5,12,16H2,1-3H3. The normalized spacial score (nSPS) is 17.0. The average molecular weight is 494 g/mol. The molecule has 1 amide bonds. The van der Waals surface area contributed by atoms with E-state index in [1.165, 1.54) is 30.4 Å². The van der Waals surface area contributed by atoms with Crippen molar-refractivity contribution in [2.45, 2.75) is 39.3 Å². The van der Waals surface area contributed by atoms with Crippen LogP contribution in [0.4, 0.5) is 4.39 Å². The first kappa shape index (κ1) is 25.0. The van der Waals surface area contributed by atoms with Crippen molar-refractivity contribution in [1.29, 1.82) is 0 Å². The molecule has 0 aliphatic carbocycles. The highest BCUT2D eigenvalue weighted by molar-refractivity contribution is 6.46. The molecule has 1 saturated heterocycles. The van der Waals surface area contributed by atoms with E-state index >= 15 is 0 Å². The summed E-state index contributed by atoms with van der Waals surface area (Å²) in [4.78, 5) is 27.7. The zero-order valence-corrected chi connectivity index (χ0v) is 20.4. The number of carbonyl (C=O) groups excluding carboxylic acids is 2. The van der Waals surface area contributed by atoms with Crippen molar-refractivity contribution in [3.8, 4) is 11.5 Å². The van der Waals surface area contributed by atoms with Gasteiger partial charge in [0.05, 0.1) is 38.1 Å². The van der Waals surface area contributed by atoms with Gasteiger partial charge in [-0.2, -0.15) is 0 Å². The highest BCUT2D eigenvalue weighted by atomic mass is 19.1. The van der Waals surface area contributed by atoms with E-state index in [4.69, 9.17) is 13.9 Å². The predicted octanol–water partition coefficient (Wildman–Crippen LogP) is 5.54. The molecule has 1 atom stereocenters. The van der Waals surface area contributed by atoms with Crippen LogP contribution in [0.5, 0.6) is 11.5 Å². The van der Waals surface area contributed by atoms with Crippen molar-refractivity contribution >= 4 is 17.4 Å². The summed E-state index contributed by atoms with van der Waals surface area (Å²) in [6.07, 6.45) is 3.32. The van der Waals surface area contributed by atoms with Gasteiger partial charge in [0, 0.05) is 5.56 Å². The van der Waals surface area contributed by atoms with E-state index in [0.29, 0.717) is 35.0 Å². The number of carbonyl (C=O) groups is 2. The number of ketones is 1. The van der Waals surface area contributed by atoms with E-state index in [9.17, 15) is 19.1 Å². The number of aliphatic hydroxyl groups is 1. The summed E-state index contributed by atoms with van der Waals surface area (Å²) in [5.74, 6) is -1.24. The fraction of sp³-hybridized carbons (Fsp3) is 0.286. The second kappa shape index (κ2) is 10.7. The Bertz CT molecular complexity index is 1300. The maximum absolute atomic E-state index is 14.3. The van der Waals surface area contributed by atoms with Crippen molar-refractivity contribution in [1.82, 2.24) is 4.90 Å². The molecule has 1 aromatic heterocycles. The van der Waals surface area contributed by atoms with E-state index in [2.05, 4.69) is 6.92 Å². The van der Waals surface area contributed by atoms with Gasteiger partial charge in [0.1, 0.15) is 17.3 Å². The summed E-state index contributed by atoms with van der Waals surface area (Å²) < 4.78 is 31.0. The zero-order valence-electron chi connectivity index (χ0n) is 20.4. The highest BCUT2D eigenvalue weighted by Gasteiger charge is 2.46. The Morgan fingerprint density at radius 1 is 1.14 bits per heavy atom. The lowest BCUT2D eigenvalue weighted by atomic mass is 9.94. The number of unbranched alkanes of at least 4 members (excludes halogenated alkanes) is 1. The van der Waals surface area contributed by atoms with Gasteiger partial charge in [-0.25, -0.2) is 4.39 Å². The van der Waals surface area contributed by atoms with Crippen LogP contribution >= 0.6 is 0 Å². The second-order valence-electron chi connectivity index (χ2n) is 8.58. The average Bonchev–Trinajstić information content (AvgIpc) is 3.48. The summed E-state index contributed by atoms with van der Waals surface area (Å²) in [6, 6.07) is 11.7. The van der Waals surface area contributed by atoms with Gasteiger partial charge in [-0.1, -0.05) is 31.5 Å². The molecular weight excluding hydrogens is 465 g/mol. The third-order valence-corrected chi connectivity index (χ3v) is 6.15. The number of hydrogen-bond donors (Lipinski definition) is 1. The maximum atomic E-state index is 14.3. The van der Waals surface area contributed by atoms with Gasteiger partial charge in [-0.15, -0.1) is 0 Å². The third kappa shape index (κ3) is 4.84. The Kier molecular flexibility index (Phi) is 7.43. The lowest BCUT2D eigenvalue weighted by Gasteiger charge is -2.25. The van der Waals surface area contributed by atoms with E-state index < -0.39 is 29.3 Å². The monoisotopic (exact) mass is 493 g/mol. The van der Waals surface area contributed by atoms with Crippen LogP contribution < -0.4 is 9.47 Å². The quantitative estimate of drug-likeness (QED) is 0.182. The number of aliphatic hydroxyl groups excluding tert-OH is 1. The molecule has 1 aliphatic heterocycles. The molecule has 0 bridgehead atoms. The number of aryl methyl sites for hydroxylation is 1. The van der Waals surface area contributed by atoms with Crippen LogP contribution in [0.15, 0.2) is 64.8 Å². The maximum Gasteiger partial charge on any atom is 0.296 e. The molecule has 3 aromatic rings. The van der Waals surface area contributed by atoms with Crippen LogP contribution in [-0.4, -0.2) is 35.4 Å². The molecule has 4 rings (SSSR count). The first-order valence-electron chi connectivity index (χ1n) is 11.7. The minimum atomic E-state index is -0.960. The first-order valence-corrected chi connectivity index (χ1v) is 11.7. The third-order valence-electron chi connectivity index (χ3n) is 6.15. The fourth-order valence-corrected chi connectivity index (χ4v) is 4.16. The molecule has 1 N–H and O–H groups in total. The highest BCUT2D eigenvalue weighted by Crippen LogP contribution is 2.42. The molecule has 1 unspecified atom stereocenters. The van der Waals surface area contributed by atoms with E-state index in [1.807, 2.05) is 0 Å². The van der Waals surface area contributed by atoms with Crippen molar-refractivity contribution in [2.75, 3.05) is 13.7 Å². The minimum absolute atomic E-state index is 0.00164. The molecule has 1 aliphatic rings. The van der Waals surface area contributed by atoms with Gasteiger partial charge >= 0.3 is 0 Å². The van der Waals surface area contributed by atoms with Crippen molar-refractivity contribution < 1.29 is 33.0 Å². The Morgan fingerprint density at radius 3 is 2.61 bits per heavy atom. The van der Waals surface area contributed by atoms with E-state index in [-0.39, 0.29) is 17.7 Å². The molecular formula is C28H28FNO6. The Morgan fingerprint density at radius 2 is 1.94 bits per heavy atom. The molecule has 7 nitrogen and oxygen atoms in total. The topological polar surface area (TPSA) is 89.2 Å². The number of nitrogens with zero attached hydrogens (tertiary/aromatic N) is 1. The number of Topliss-reactive ketones (excluding diaryl/α,β-unsaturated/α-hetero) is 1. The van der Waals surface area contributed by atoms with Gasteiger partial charge in [-0.3, -0.25) is 9.59 Å². The smallest absolute Gasteiger partial charge is 0.296 e. The number of furan rings is 1. The fourth-order valence-electron chi connectivity index (χ4n) is 4.16. The van der Waals surface area contributed by atoms with Crippen LogP contribution in [0.2, 0.25) is 0 Å². The van der Waals surface area contributed by atoms with E-state index in [1.54, 1.807) is 37.3 Å². The summed E-state index contributed by atoms with van der Waals surface area (Å²) >= 11 is 0. The van der Waals surface area contributed by atoms with Crippen molar-refractivity contribution in [3.05, 3.63) is 88.6 Å². The Balaban J connectivity index is 1.84. The van der Waals surface area contributed by atoms with Crippen molar-refractivity contribution in [2.24, 2.45) is 0 Å².